The SMILES string of the molecule is CS(=O)(=O)NCCCN1CCCC(NC2CC2)C1=O. The second-order valence-electron chi connectivity index (χ2n) is 5.48. The van der Waals surface area contributed by atoms with Gasteiger partial charge in [0.1, 0.15) is 0 Å². The second kappa shape index (κ2) is 6.19. The Labute approximate surface area is 115 Å². The van der Waals surface area contributed by atoms with Crippen LogP contribution in [0.2, 0.25) is 0 Å². The number of nitrogens with zero attached hydrogens (tertiary/aromatic N) is 1. The fourth-order valence-electron chi connectivity index (χ4n) is 2.38. The molecule has 1 unspecified atom stereocenters. The van der Waals surface area contributed by atoms with E-state index in [4.69, 9.17) is 0 Å². The first-order valence-corrected chi connectivity index (χ1v) is 8.84. The minimum atomic E-state index is -3.12. The van der Waals surface area contributed by atoms with Crippen molar-refractivity contribution in [3.63, 3.8) is 0 Å². The molecule has 2 rings (SSSR count). The van der Waals surface area contributed by atoms with Crippen LogP contribution in [-0.4, -0.2) is 57.2 Å². The third-order valence-corrected chi connectivity index (χ3v) is 4.24. The molecule has 1 heterocycles. The number of amides is 1. The maximum absolute atomic E-state index is 12.2. The van der Waals surface area contributed by atoms with Crippen molar-refractivity contribution in [2.45, 2.75) is 44.2 Å². The van der Waals surface area contributed by atoms with Crippen LogP contribution in [0.5, 0.6) is 0 Å². The minimum absolute atomic E-state index is 0.0240. The predicted octanol–water partition coefficient (Wildman–Crippen LogP) is -0.331. The highest BCUT2D eigenvalue weighted by atomic mass is 32.2. The van der Waals surface area contributed by atoms with Crippen molar-refractivity contribution in [3.05, 3.63) is 0 Å². The van der Waals surface area contributed by atoms with E-state index >= 15 is 0 Å². The average Bonchev–Trinajstić information content (AvgIpc) is 3.11. The molecule has 1 aliphatic heterocycles. The lowest BCUT2D eigenvalue weighted by molar-refractivity contribution is -0.136. The van der Waals surface area contributed by atoms with Crippen molar-refractivity contribution in [3.8, 4) is 0 Å². The summed E-state index contributed by atoms with van der Waals surface area (Å²) in [6.45, 7) is 1.81. The number of rotatable bonds is 7. The number of likely N-dealkylation sites (tertiary alicyclic amines) is 1. The zero-order valence-electron chi connectivity index (χ0n) is 11.4. The van der Waals surface area contributed by atoms with Crippen LogP contribution >= 0.6 is 0 Å². The van der Waals surface area contributed by atoms with Gasteiger partial charge in [-0.05, 0) is 32.1 Å². The van der Waals surface area contributed by atoms with E-state index in [1.165, 1.54) is 12.8 Å². The Balaban J connectivity index is 1.71. The summed E-state index contributed by atoms with van der Waals surface area (Å²) in [6.07, 6.45) is 6.12. The summed E-state index contributed by atoms with van der Waals surface area (Å²) in [7, 11) is -3.12. The first kappa shape index (κ1) is 14.7. The highest BCUT2D eigenvalue weighted by Crippen LogP contribution is 2.22. The van der Waals surface area contributed by atoms with Gasteiger partial charge >= 0.3 is 0 Å². The monoisotopic (exact) mass is 289 g/mol. The van der Waals surface area contributed by atoms with Crippen LogP contribution in [0.15, 0.2) is 0 Å². The van der Waals surface area contributed by atoms with E-state index < -0.39 is 10.0 Å². The van der Waals surface area contributed by atoms with Crippen molar-refractivity contribution < 1.29 is 13.2 Å². The fourth-order valence-corrected chi connectivity index (χ4v) is 2.89. The van der Waals surface area contributed by atoms with Gasteiger partial charge in [0.25, 0.3) is 0 Å². The molecule has 110 valence electrons. The molecular formula is C12H23N3O3S. The zero-order chi connectivity index (χ0) is 13.9. The van der Waals surface area contributed by atoms with Crippen molar-refractivity contribution in [1.82, 2.24) is 14.9 Å². The van der Waals surface area contributed by atoms with Crippen LogP contribution in [0.25, 0.3) is 0 Å². The molecule has 2 aliphatic rings. The first-order valence-electron chi connectivity index (χ1n) is 6.95. The molecule has 2 N–H and O–H groups in total. The van der Waals surface area contributed by atoms with E-state index in [1.54, 1.807) is 0 Å². The van der Waals surface area contributed by atoms with Crippen LogP contribution < -0.4 is 10.0 Å². The molecule has 1 amide bonds. The highest BCUT2D eigenvalue weighted by Gasteiger charge is 2.32. The molecule has 0 spiro atoms. The molecule has 2 fully saturated rings. The van der Waals surface area contributed by atoms with Crippen LogP contribution in [0.1, 0.15) is 32.1 Å². The maximum Gasteiger partial charge on any atom is 0.239 e. The summed E-state index contributed by atoms with van der Waals surface area (Å²) in [5.41, 5.74) is 0. The highest BCUT2D eigenvalue weighted by molar-refractivity contribution is 7.88. The summed E-state index contributed by atoms with van der Waals surface area (Å²) in [5.74, 6) is 0.178. The number of piperidine rings is 1. The van der Waals surface area contributed by atoms with Crippen molar-refractivity contribution in [2.75, 3.05) is 25.9 Å². The predicted molar refractivity (Wildman–Crippen MR) is 73.2 cm³/mol. The average molecular weight is 289 g/mol. The number of sulfonamides is 1. The van der Waals surface area contributed by atoms with Crippen molar-refractivity contribution in [2.24, 2.45) is 0 Å². The Morgan fingerprint density at radius 1 is 1.32 bits per heavy atom. The van der Waals surface area contributed by atoms with E-state index in [2.05, 4.69) is 10.0 Å². The zero-order valence-corrected chi connectivity index (χ0v) is 12.2. The van der Waals surface area contributed by atoms with Gasteiger partial charge in [-0.2, -0.15) is 0 Å². The van der Waals surface area contributed by atoms with Gasteiger partial charge in [0.2, 0.25) is 15.9 Å². The molecule has 1 saturated heterocycles. The Bertz CT molecular complexity index is 420. The molecule has 7 heteroatoms. The largest absolute Gasteiger partial charge is 0.341 e. The smallest absolute Gasteiger partial charge is 0.239 e. The molecule has 19 heavy (non-hydrogen) atoms. The molecule has 0 aromatic carbocycles. The molecule has 0 bridgehead atoms. The fraction of sp³-hybridized carbons (Fsp3) is 0.917. The van der Waals surface area contributed by atoms with Gasteiger partial charge in [0, 0.05) is 25.7 Å². The Hall–Kier alpha value is -0.660. The third kappa shape index (κ3) is 5.08. The van der Waals surface area contributed by atoms with Crippen molar-refractivity contribution >= 4 is 15.9 Å². The number of hydrogen-bond donors (Lipinski definition) is 2. The molecular weight excluding hydrogens is 266 g/mol. The molecule has 0 aromatic rings. The molecule has 1 aliphatic carbocycles. The standard InChI is InChI=1S/C12H23N3O3S/c1-19(17,18)13-7-3-9-15-8-2-4-11(12(15)16)14-10-5-6-10/h10-11,13-14H,2-9H2,1H3. The lowest BCUT2D eigenvalue weighted by Gasteiger charge is -2.32. The quantitative estimate of drug-likeness (QED) is 0.629. The molecule has 1 atom stereocenters. The summed E-state index contributed by atoms with van der Waals surface area (Å²) in [4.78, 5) is 14.1. The van der Waals surface area contributed by atoms with E-state index in [0.29, 0.717) is 25.6 Å². The van der Waals surface area contributed by atoms with Gasteiger partial charge in [-0.25, -0.2) is 13.1 Å². The summed E-state index contributed by atoms with van der Waals surface area (Å²) < 4.78 is 24.3. The van der Waals surface area contributed by atoms with Crippen LogP contribution in [0.4, 0.5) is 0 Å². The molecule has 0 radical (unpaired) electrons. The van der Waals surface area contributed by atoms with E-state index in [1.807, 2.05) is 4.90 Å². The molecule has 0 aromatic heterocycles. The lowest BCUT2D eigenvalue weighted by atomic mass is 10.0. The van der Waals surface area contributed by atoms with Gasteiger partial charge < -0.3 is 10.2 Å². The number of carbonyl (C=O) groups is 1. The maximum atomic E-state index is 12.2. The third-order valence-electron chi connectivity index (χ3n) is 3.51. The van der Waals surface area contributed by atoms with E-state index in [0.717, 1.165) is 25.6 Å². The van der Waals surface area contributed by atoms with E-state index in [-0.39, 0.29) is 11.9 Å². The van der Waals surface area contributed by atoms with Crippen LogP contribution in [0.3, 0.4) is 0 Å². The van der Waals surface area contributed by atoms with Gasteiger partial charge in [0.15, 0.2) is 0 Å². The van der Waals surface area contributed by atoms with Gasteiger partial charge in [-0.15, -0.1) is 0 Å². The number of carbonyl (C=O) groups excluding carboxylic acids is 1. The molecule has 6 nitrogen and oxygen atoms in total. The normalized spacial score (nSPS) is 24.8. The van der Waals surface area contributed by atoms with Crippen molar-refractivity contribution in [1.29, 1.82) is 0 Å². The topological polar surface area (TPSA) is 78.5 Å². The van der Waals surface area contributed by atoms with Gasteiger partial charge in [-0.1, -0.05) is 0 Å². The lowest BCUT2D eigenvalue weighted by Crippen LogP contribution is -2.51. The van der Waals surface area contributed by atoms with Crippen LogP contribution in [0, 0.1) is 0 Å². The second-order valence-corrected chi connectivity index (χ2v) is 7.31. The van der Waals surface area contributed by atoms with Crippen LogP contribution in [-0.2, 0) is 14.8 Å². The van der Waals surface area contributed by atoms with E-state index in [9.17, 15) is 13.2 Å². The molecule has 1 saturated carbocycles. The summed E-state index contributed by atoms with van der Waals surface area (Å²) in [5, 5.41) is 3.38. The Kier molecular flexibility index (Phi) is 4.81. The Morgan fingerprint density at radius 3 is 2.68 bits per heavy atom. The number of nitrogens with one attached hydrogen (secondary N) is 2. The Morgan fingerprint density at radius 2 is 2.05 bits per heavy atom. The number of hydrogen-bond acceptors (Lipinski definition) is 4. The first-order chi connectivity index (χ1) is 8.96. The summed E-state index contributed by atoms with van der Waals surface area (Å²) >= 11 is 0. The van der Waals surface area contributed by atoms with Gasteiger partial charge in [-0.3, -0.25) is 4.79 Å². The minimum Gasteiger partial charge on any atom is -0.341 e. The van der Waals surface area contributed by atoms with Gasteiger partial charge in [0.05, 0.1) is 12.3 Å². The summed E-state index contributed by atoms with van der Waals surface area (Å²) in [6, 6.07) is 0.518.